The standard InChI is InChI=1S/C20H28N2O3/c1-3-25-17-10-8-16(9-11-17)22-13-15(12-19(22)23)20(24)21-18-7-5-4-6-14(18)2/h8-11,14-15,18H,3-7,12-13H2,1-2H3,(H,21,24)/t14-,15+,18-/m0/s1. The van der Waals surface area contributed by atoms with Gasteiger partial charge in [0.15, 0.2) is 0 Å². The van der Waals surface area contributed by atoms with Crippen molar-refractivity contribution in [2.75, 3.05) is 18.1 Å². The number of carbonyl (C=O) groups excluding carboxylic acids is 2. The molecule has 0 bridgehead atoms. The van der Waals surface area contributed by atoms with Gasteiger partial charge in [0.05, 0.1) is 12.5 Å². The minimum Gasteiger partial charge on any atom is -0.494 e. The van der Waals surface area contributed by atoms with Crippen LogP contribution >= 0.6 is 0 Å². The van der Waals surface area contributed by atoms with Gasteiger partial charge in [-0.3, -0.25) is 9.59 Å². The number of anilines is 1. The number of hydrogen-bond acceptors (Lipinski definition) is 3. The van der Waals surface area contributed by atoms with Crippen molar-refractivity contribution in [2.24, 2.45) is 11.8 Å². The molecule has 1 saturated carbocycles. The molecule has 0 spiro atoms. The third-order valence-electron chi connectivity index (χ3n) is 5.39. The van der Waals surface area contributed by atoms with E-state index in [1.54, 1.807) is 4.90 Å². The Morgan fingerprint density at radius 2 is 1.96 bits per heavy atom. The minimum absolute atomic E-state index is 0.0148. The number of rotatable bonds is 5. The van der Waals surface area contributed by atoms with Gasteiger partial charge in [-0.2, -0.15) is 0 Å². The van der Waals surface area contributed by atoms with Gasteiger partial charge in [-0.15, -0.1) is 0 Å². The van der Waals surface area contributed by atoms with E-state index in [1.807, 2.05) is 31.2 Å². The first kappa shape index (κ1) is 17.8. The van der Waals surface area contributed by atoms with Gasteiger partial charge >= 0.3 is 0 Å². The second-order valence-electron chi connectivity index (χ2n) is 7.21. The number of hydrogen-bond donors (Lipinski definition) is 1. The van der Waals surface area contributed by atoms with Crippen molar-refractivity contribution < 1.29 is 14.3 Å². The third kappa shape index (κ3) is 4.14. The van der Waals surface area contributed by atoms with Gasteiger partial charge in [0.1, 0.15) is 5.75 Å². The molecule has 2 fully saturated rings. The fourth-order valence-electron chi connectivity index (χ4n) is 3.85. The summed E-state index contributed by atoms with van der Waals surface area (Å²) in [6, 6.07) is 7.75. The molecule has 1 aliphatic carbocycles. The molecule has 2 aliphatic rings. The number of nitrogens with zero attached hydrogens (tertiary/aromatic N) is 1. The Hall–Kier alpha value is -2.04. The molecule has 5 heteroatoms. The predicted molar refractivity (Wildman–Crippen MR) is 97.6 cm³/mol. The van der Waals surface area contributed by atoms with Crippen molar-refractivity contribution in [2.45, 2.75) is 52.0 Å². The van der Waals surface area contributed by atoms with Crippen molar-refractivity contribution in [3.8, 4) is 5.75 Å². The van der Waals surface area contributed by atoms with Crippen LogP contribution in [0.15, 0.2) is 24.3 Å². The van der Waals surface area contributed by atoms with Gasteiger partial charge < -0.3 is 15.0 Å². The van der Waals surface area contributed by atoms with Crippen LogP contribution in [0.3, 0.4) is 0 Å². The Morgan fingerprint density at radius 3 is 2.64 bits per heavy atom. The fourth-order valence-corrected chi connectivity index (χ4v) is 3.85. The summed E-state index contributed by atoms with van der Waals surface area (Å²) in [4.78, 5) is 26.7. The summed E-state index contributed by atoms with van der Waals surface area (Å²) in [5.74, 6) is 1.10. The molecule has 3 atom stereocenters. The summed E-state index contributed by atoms with van der Waals surface area (Å²) in [6.45, 7) is 5.22. The fraction of sp³-hybridized carbons (Fsp3) is 0.600. The lowest BCUT2D eigenvalue weighted by Crippen LogP contribution is -2.44. The average Bonchev–Trinajstić information content (AvgIpc) is 3.00. The van der Waals surface area contributed by atoms with E-state index in [0.29, 0.717) is 25.5 Å². The number of nitrogens with one attached hydrogen (secondary N) is 1. The van der Waals surface area contributed by atoms with Crippen molar-refractivity contribution >= 4 is 17.5 Å². The summed E-state index contributed by atoms with van der Waals surface area (Å²) >= 11 is 0. The van der Waals surface area contributed by atoms with Crippen LogP contribution in [0.1, 0.15) is 46.0 Å². The molecule has 1 aliphatic heterocycles. The van der Waals surface area contributed by atoms with Crippen LogP contribution in [0.4, 0.5) is 5.69 Å². The van der Waals surface area contributed by atoms with E-state index in [-0.39, 0.29) is 23.8 Å². The molecule has 1 aromatic rings. The summed E-state index contributed by atoms with van der Waals surface area (Å²) in [6.07, 6.45) is 4.95. The molecule has 0 radical (unpaired) electrons. The SMILES string of the molecule is CCOc1ccc(N2C[C@H](C(=O)N[C@H]3CCCC[C@@H]3C)CC2=O)cc1. The normalized spacial score (nSPS) is 26.6. The smallest absolute Gasteiger partial charge is 0.227 e. The topological polar surface area (TPSA) is 58.6 Å². The second kappa shape index (κ2) is 7.89. The molecule has 3 rings (SSSR count). The lowest BCUT2D eigenvalue weighted by molar-refractivity contribution is -0.127. The molecule has 1 aromatic carbocycles. The van der Waals surface area contributed by atoms with E-state index >= 15 is 0 Å². The summed E-state index contributed by atoms with van der Waals surface area (Å²) in [7, 11) is 0. The van der Waals surface area contributed by atoms with E-state index in [0.717, 1.165) is 17.9 Å². The van der Waals surface area contributed by atoms with Gasteiger partial charge in [0, 0.05) is 24.7 Å². The molecular weight excluding hydrogens is 316 g/mol. The maximum absolute atomic E-state index is 12.6. The lowest BCUT2D eigenvalue weighted by Gasteiger charge is -2.30. The minimum atomic E-state index is -0.256. The van der Waals surface area contributed by atoms with Crippen molar-refractivity contribution in [1.29, 1.82) is 0 Å². The zero-order chi connectivity index (χ0) is 17.8. The van der Waals surface area contributed by atoms with E-state index in [2.05, 4.69) is 12.2 Å². The van der Waals surface area contributed by atoms with Crippen LogP contribution in [0.25, 0.3) is 0 Å². The first-order valence-electron chi connectivity index (χ1n) is 9.42. The average molecular weight is 344 g/mol. The number of amides is 2. The maximum atomic E-state index is 12.6. The highest BCUT2D eigenvalue weighted by Crippen LogP contribution is 2.28. The second-order valence-corrected chi connectivity index (χ2v) is 7.21. The molecule has 5 nitrogen and oxygen atoms in total. The molecule has 1 N–H and O–H groups in total. The van der Waals surface area contributed by atoms with Gasteiger partial charge in [-0.05, 0) is 49.9 Å². The first-order chi connectivity index (χ1) is 12.1. The summed E-state index contributed by atoms with van der Waals surface area (Å²) < 4.78 is 5.44. The van der Waals surface area contributed by atoms with Crippen LogP contribution in [-0.2, 0) is 9.59 Å². The highest BCUT2D eigenvalue weighted by molar-refractivity contribution is 6.00. The van der Waals surface area contributed by atoms with Crippen LogP contribution in [0.5, 0.6) is 5.75 Å². The lowest BCUT2D eigenvalue weighted by atomic mass is 9.85. The highest BCUT2D eigenvalue weighted by atomic mass is 16.5. The van der Waals surface area contributed by atoms with Gasteiger partial charge in [-0.1, -0.05) is 19.8 Å². The quantitative estimate of drug-likeness (QED) is 0.893. The largest absolute Gasteiger partial charge is 0.494 e. The number of ether oxygens (including phenoxy) is 1. The molecule has 0 unspecified atom stereocenters. The predicted octanol–water partition coefficient (Wildman–Crippen LogP) is 3.13. The molecule has 25 heavy (non-hydrogen) atoms. The van der Waals surface area contributed by atoms with E-state index in [1.165, 1.54) is 19.3 Å². The van der Waals surface area contributed by atoms with Crippen LogP contribution in [0, 0.1) is 11.8 Å². The zero-order valence-corrected chi connectivity index (χ0v) is 15.2. The van der Waals surface area contributed by atoms with Gasteiger partial charge in [0.2, 0.25) is 11.8 Å². The first-order valence-corrected chi connectivity index (χ1v) is 9.42. The van der Waals surface area contributed by atoms with Crippen molar-refractivity contribution in [1.82, 2.24) is 5.32 Å². The van der Waals surface area contributed by atoms with Gasteiger partial charge in [0.25, 0.3) is 0 Å². The number of benzene rings is 1. The van der Waals surface area contributed by atoms with Crippen molar-refractivity contribution in [3.63, 3.8) is 0 Å². The van der Waals surface area contributed by atoms with Gasteiger partial charge in [-0.25, -0.2) is 0 Å². The van der Waals surface area contributed by atoms with E-state index in [9.17, 15) is 9.59 Å². The third-order valence-corrected chi connectivity index (χ3v) is 5.39. The summed E-state index contributed by atoms with van der Waals surface area (Å²) in [5.41, 5.74) is 0.829. The molecular formula is C20H28N2O3. The Kier molecular flexibility index (Phi) is 5.61. The molecule has 1 heterocycles. The Labute approximate surface area is 149 Å². The molecule has 1 saturated heterocycles. The molecule has 0 aromatic heterocycles. The van der Waals surface area contributed by atoms with E-state index in [4.69, 9.17) is 4.74 Å². The van der Waals surface area contributed by atoms with E-state index < -0.39 is 0 Å². The molecule has 2 amide bonds. The number of carbonyl (C=O) groups is 2. The Balaban J connectivity index is 1.60. The van der Waals surface area contributed by atoms with Crippen LogP contribution in [0.2, 0.25) is 0 Å². The van der Waals surface area contributed by atoms with Crippen LogP contribution < -0.4 is 15.0 Å². The maximum Gasteiger partial charge on any atom is 0.227 e. The van der Waals surface area contributed by atoms with Crippen LogP contribution in [-0.4, -0.2) is 31.0 Å². The Morgan fingerprint density at radius 1 is 1.24 bits per heavy atom. The highest BCUT2D eigenvalue weighted by Gasteiger charge is 2.36. The summed E-state index contributed by atoms with van der Waals surface area (Å²) in [5, 5.41) is 3.19. The Bertz CT molecular complexity index is 614. The monoisotopic (exact) mass is 344 g/mol. The molecule has 136 valence electrons. The van der Waals surface area contributed by atoms with Crippen molar-refractivity contribution in [3.05, 3.63) is 24.3 Å². The zero-order valence-electron chi connectivity index (χ0n) is 15.2.